The first-order chi connectivity index (χ1) is 12.6. The minimum Gasteiger partial charge on any atom is -0.456 e. The topological polar surface area (TPSA) is 102 Å². The summed E-state index contributed by atoms with van der Waals surface area (Å²) in [7, 11) is 0. The zero-order valence-electron chi connectivity index (χ0n) is 16.3. The molecule has 0 bridgehead atoms. The van der Waals surface area contributed by atoms with Crippen molar-refractivity contribution >= 4 is 17.9 Å². The highest BCUT2D eigenvalue weighted by Gasteiger charge is 2.53. The zero-order chi connectivity index (χ0) is 19.8. The second-order valence-corrected chi connectivity index (χ2v) is 8.64. The number of urea groups is 1. The van der Waals surface area contributed by atoms with E-state index in [0.717, 1.165) is 17.7 Å². The van der Waals surface area contributed by atoms with Crippen LogP contribution < -0.4 is 5.32 Å². The molecule has 0 aromatic carbocycles. The molecule has 8 heteroatoms. The van der Waals surface area contributed by atoms with Crippen LogP contribution in [-0.2, 0) is 20.9 Å². The zero-order valence-corrected chi connectivity index (χ0v) is 16.3. The van der Waals surface area contributed by atoms with E-state index in [4.69, 9.17) is 9.26 Å². The molecule has 1 N–H and O–H groups in total. The quantitative estimate of drug-likeness (QED) is 0.639. The second-order valence-electron chi connectivity index (χ2n) is 8.64. The molecule has 2 aliphatic rings. The number of hydrogen-bond donors (Lipinski definition) is 1. The summed E-state index contributed by atoms with van der Waals surface area (Å²) >= 11 is 0. The summed E-state index contributed by atoms with van der Waals surface area (Å²) in [5.41, 5.74) is -0.0142. The van der Waals surface area contributed by atoms with Crippen molar-refractivity contribution in [2.75, 3.05) is 6.54 Å². The Morgan fingerprint density at radius 2 is 2.04 bits per heavy atom. The number of carbonyl (C=O) groups is 3. The molecule has 0 radical (unpaired) electrons. The Kier molecular flexibility index (Phi) is 5.01. The Hall–Kier alpha value is -2.38. The van der Waals surface area contributed by atoms with Crippen molar-refractivity contribution in [2.24, 2.45) is 11.3 Å². The summed E-state index contributed by atoms with van der Waals surface area (Å²) < 4.78 is 10.1. The molecular weight excluding hydrogens is 350 g/mol. The van der Waals surface area contributed by atoms with Crippen molar-refractivity contribution in [2.45, 2.75) is 65.5 Å². The van der Waals surface area contributed by atoms with E-state index in [1.54, 1.807) is 13.0 Å². The van der Waals surface area contributed by atoms with Crippen LogP contribution in [0.5, 0.6) is 0 Å². The van der Waals surface area contributed by atoms with Gasteiger partial charge in [0, 0.05) is 6.07 Å². The monoisotopic (exact) mass is 377 g/mol. The molecule has 8 nitrogen and oxygen atoms in total. The van der Waals surface area contributed by atoms with Gasteiger partial charge in [-0.25, -0.2) is 4.79 Å². The number of hydrogen-bond acceptors (Lipinski definition) is 6. The van der Waals surface area contributed by atoms with Gasteiger partial charge >= 0.3 is 12.0 Å². The van der Waals surface area contributed by atoms with Crippen molar-refractivity contribution in [3.05, 3.63) is 17.5 Å². The highest BCUT2D eigenvalue weighted by Crippen LogP contribution is 2.43. The molecular formula is C19H27N3O5. The van der Waals surface area contributed by atoms with Gasteiger partial charge in [-0.3, -0.25) is 14.5 Å². The van der Waals surface area contributed by atoms with Crippen LogP contribution in [0.2, 0.25) is 0 Å². The summed E-state index contributed by atoms with van der Waals surface area (Å²) in [6, 6.07) is 1.13. The molecule has 1 saturated heterocycles. The maximum atomic E-state index is 12.9. The normalized spacial score (nSPS) is 25.8. The average Bonchev–Trinajstić information content (AvgIpc) is 3.10. The fourth-order valence-electron chi connectivity index (χ4n) is 3.95. The van der Waals surface area contributed by atoms with E-state index in [1.165, 1.54) is 0 Å². The Balaban J connectivity index is 1.57. The van der Waals surface area contributed by atoms with E-state index in [9.17, 15) is 14.4 Å². The minimum atomic E-state index is -0.874. The molecule has 1 aliphatic carbocycles. The van der Waals surface area contributed by atoms with Crippen LogP contribution in [0.15, 0.2) is 10.6 Å². The molecule has 148 valence electrons. The maximum Gasteiger partial charge on any atom is 0.326 e. The number of rotatable bonds is 4. The molecule has 27 heavy (non-hydrogen) atoms. The predicted octanol–water partition coefficient (Wildman–Crippen LogP) is 2.55. The minimum absolute atomic E-state index is 0.0816. The number of aromatic nitrogens is 1. The maximum absolute atomic E-state index is 12.9. The standard InChI is InChI=1S/C19H27N3O5/c1-12-9-14(27-21-12)11-26-15(23)10-22-16(24)19(20-17(22)25)7-5-13(6-8-19)18(2,3)4/h9,13H,5-8,10-11H2,1-4H3,(H,20,25). The van der Waals surface area contributed by atoms with Gasteiger partial charge in [-0.2, -0.15) is 0 Å². The smallest absolute Gasteiger partial charge is 0.326 e. The van der Waals surface area contributed by atoms with Crippen LogP contribution in [0.3, 0.4) is 0 Å². The summed E-state index contributed by atoms with van der Waals surface area (Å²) in [4.78, 5) is 38.2. The molecule has 1 aliphatic heterocycles. The van der Waals surface area contributed by atoms with Crippen molar-refractivity contribution < 1.29 is 23.6 Å². The predicted molar refractivity (Wildman–Crippen MR) is 95.4 cm³/mol. The van der Waals surface area contributed by atoms with Crippen LogP contribution in [0.1, 0.15) is 57.9 Å². The lowest BCUT2D eigenvalue weighted by Gasteiger charge is -2.40. The number of esters is 1. The van der Waals surface area contributed by atoms with E-state index in [0.29, 0.717) is 30.2 Å². The van der Waals surface area contributed by atoms with Crippen molar-refractivity contribution in [3.63, 3.8) is 0 Å². The van der Waals surface area contributed by atoms with Gasteiger partial charge in [0.15, 0.2) is 12.4 Å². The van der Waals surface area contributed by atoms with Gasteiger partial charge in [0.1, 0.15) is 12.1 Å². The molecule has 2 heterocycles. The first-order valence-corrected chi connectivity index (χ1v) is 9.33. The fraction of sp³-hybridized carbons (Fsp3) is 0.684. The first-order valence-electron chi connectivity index (χ1n) is 9.33. The Bertz CT molecular complexity index is 741. The van der Waals surface area contributed by atoms with E-state index >= 15 is 0 Å². The van der Waals surface area contributed by atoms with Crippen LogP contribution in [0, 0.1) is 18.3 Å². The van der Waals surface area contributed by atoms with Crippen LogP contribution in [0.25, 0.3) is 0 Å². The highest BCUT2D eigenvalue weighted by molar-refractivity contribution is 6.08. The molecule has 0 unspecified atom stereocenters. The van der Waals surface area contributed by atoms with Gasteiger partial charge in [-0.05, 0) is 43.9 Å². The number of aryl methyl sites for hydroxylation is 1. The number of nitrogens with zero attached hydrogens (tertiary/aromatic N) is 2. The van der Waals surface area contributed by atoms with Gasteiger partial charge < -0.3 is 14.6 Å². The Morgan fingerprint density at radius 3 is 2.59 bits per heavy atom. The van der Waals surface area contributed by atoms with Crippen molar-refractivity contribution in [3.8, 4) is 0 Å². The average molecular weight is 377 g/mol. The summed E-state index contributed by atoms with van der Waals surface area (Å²) in [5.74, 6) is -0.0625. The molecule has 1 saturated carbocycles. The van der Waals surface area contributed by atoms with Gasteiger partial charge in [0.25, 0.3) is 5.91 Å². The highest BCUT2D eigenvalue weighted by atomic mass is 16.5. The van der Waals surface area contributed by atoms with Crippen LogP contribution in [-0.4, -0.2) is 40.0 Å². The number of amides is 3. The number of ether oxygens (including phenoxy) is 1. The second kappa shape index (κ2) is 6.98. The van der Waals surface area contributed by atoms with E-state index in [-0.39, 0.29) is 17.9 Å². The SMILES string of the molecule is Cc1cc(COC(=O)CN2C(=O)NC3(CCC(C(C)(C)C)CC3)C2=O)on1. The molecule has 1 aromatic heterocycles. The van der Waals surface area contributed by atoms with E-state index in [2.05, 4.69) is 31.2 Å². The lowest BCUT2D eigenvalue weighted by Crippen LogP contribution is -2.50. The molecule has 2 fully saturated rings. The lowest BCUT2D eigenvalue weighted by atomic mass is 9.67. The van der Waals surface area contributed by atoms with E-state index < -0.39 is 24.1 Å². The third kappa shape index (κ3) is 3.99. The summed E-state index contributed by atoms with van der Waals surface area (Å²) in [6.45, 7) is 7.87. The lowest BCUT2D eigenvalue weighted by molar-refractivity contribution is -0.149. The summed E-state index contributed by atoms with van der Waals surface area (Å²) in [5, 5.41) is 6.53. The van der Waals surface area contributed by atoms with Gasteiger partial charge in [0.2, 0.25) is 0 Å². The van der Waals surface area contributed by atoms with Crippen LogP contribution in [0.4, 0.5) is 4.79 Å². The molecule has 1 spiro atoms. The Labute approximate surface area is 158 Å². The van der Waals surface area contributed by atoms with Gasteiger partial charge in [0.05, 0.1) is 5.69 Å². The largest absolute Gasteiger partial charge is 0.456 e. The van der Waals surface area contributed by atoms with Crippen LogP contribution >= 0.6 is 0 Å². The van der Waals surface area contributed by atoms with Crippen molar-refractivity contribution in [1.29, 1.82) is 0 Å². The third-order valence-corrected chi connectivity index (χ3v) is 5.65. The van der Waals surface area contributed by atoms with Crippen molar-refractivity contribution in [1.82, 2.24) is 15.4 Å². The number of imide groups is 1. The van der Waals surface area contributed by atoms with Gasteiger partial charge in [-0.1, -0.05) is 25.9 Å². The van der Waals surface area contributed by atoms with Gasteiger partial charge in [-0.15, -0.1) is 0 Å². The summed E-state index contributed by atoms with van der Waals surface area (Å²) in [6.07, 6.45) is 2.95. The molecule has 1 aromatic rings. The third-order valence-electron chi connectivity index (χ3n) is 5.65. The number of carbonyl (C=O) groups excluding carboxylic acids is 3. The number of nitrogens with one attached hydrogen (secondary N) is 1. The molecule has 3 amide bonds. The fourth-order valence-corrected chi connectivity index (χ4v) is 3.95. The van der Waals surface area contributed by atoms with E-state index in [1.807, 2.05) is 0 Å². The Morgan fingerprint density at radius 1 is 1.37 bits per heavy atom. The first kappa shape index (κ1) is 19.4. The molecule has 3 rings (SSSR count). The molecule has 0 atom stereocenters.